The molecule has 0 radical (unpaired) electrons. The maximum atomic E-state index is 9.39. The molecule has 96 valence electrons. The number of nitrogens with zero attached hydrogens (tertiary/aromatic N) is 1. The zero-order valence-electron chi connectivity index (χ0n) is 11.2. The fraction of sp³-hybridized carbons (Fsp3) is 0.400. The van der Waals surface area contributed by atoms with Gasteiger partial charge in [0.1, 0.15) is 8.07 Å². The van der Waals surface area contributed by atoms with Crippen LogP contribution in [-0.4, -0.2) is 19.7 Å². The Kier molecular flexibility index (Phi) is 5.83. The fourth-order valence-electron chi connectivity index (χ4n) is 2.04. The van der Waals surface area contributed by atoms with E-state index in [-0.39, 0.29) is 6.61 Å². The Hall–Kier alpha value is -1.37. The van der Waals surface area contributed by atoms with Gasteiger partial charge in [-0.15, -0.1) is 0 Å². The minimum atomic E-state index is -1.62. The lowest BCUT2D eigenvalue weighted by molar-refractivity contribution is 0.283. The summed E-state index contributed by atoms with van der Waals surface area (Å²) in [5.74, 6) is 0. The van der Waals surface area contributed by atoms with E-state index < -0.39 is 8.07 Å². The van der Waals surface area contributed by atoms with Crippen LogP contribution in [0.2, 0.25) is 13.1 Å². The Labute approximate surface area is 111 Å². The summed E-state index contributed by atoms with van der Waals surface area (Å²) in [5.41, 5.74) is 3.35. The number of unbranched alkanes of at least 4 members (excludes halogenated alkanes) is 1. The molecule has 0 aromatic heterocycles. The Morgan fingerprint density at radius 3 is 2.72 bits per heavy atom. The van der Waals surface area contributed by atoms with Gasteiger partial charge in [0.25, 0.3) is 0 Å². The molecule has 0 bridgehead atoms. The summed E-state index contributed by atoms with van der Waals surface area (Å²) in [7, 11) is -1.62. The maximum Gasteiger partial charge on any atom is 0.215 e. The minimum Gasteiger partial charge on any atom is -0.392 e. The average molecular weight is 259 g/mol. The van der Waals surface area contributed by atoms with E-state index in [1.807, 2.05) is 18.2 Å². The molecule has 3 heteroatoms. The highest BCUT2D eigenvalue weighted by Gasteiger charge is 2.22. The van der Waals surface area contributed by atoms with Crippen molar-refractivity contribution in [2.24, 2.45) is 0 Å². The van der Waals surface area contributed by atoms with Gasteiger partial charge in [-0.3, -0.25) is 0 Å². The molecule has 0 unspecified atom stereocenters. The third-order valence-electron chi connectivity index (χ3n) is 3.06. The van der Waals surface area contributed by atoms with Gasteiger partial charge in [0.2, 0.25) is 6.54 Å². The second-order valence-electron chi connectivity index (χ2n) is 4.96. The molecule has 0 aliphatic carbocycles. The van der Waals surface area contributed by atoms with Crippen LogP contribution in [0.3, 0.4) is 0 Å². The number of hydrogen-bond donors (Lipinski definition) is 1. The summed E-state index contributed by atoms with van der Waals surface area (Å²) < 4.78 is 0. The Bertz CT molecular complexity index is 446. The first-order chi connectivity index (χ1) is 8.61. The summed E-state index contributed by atoms with van der Waals surface area (Å²) >= 11 is 0. The van der Waals surface area contributed by atoms with Gasteiger partial charge in [0, 0.05) is 6.42 Å². The van der Waals surface area contributed by atoms with Gasteiger partial charge >= 0.3 is 0 Å². The first kappa shape index (κ1) is 14.7. The van der Waals surface area contributed by atoms with Crippen molar-refractivity contribution in [2.75, 3.05) is 6.54 Å². The molecule has 0 amide bonds. The molecule has 1 aromatic rings. The first-order valence-corrected chi connectivity index (χ1v) is 9.39. The fourth-order valence-corrected chi connectivity index (χ4v) is 4.49. The highest BCUT2D eigenvalue weighted by atomic mass is 28.3. The predicted molar refractivity (Wildman–Crippen MR) is 79.3 cm³/mol. The van der Waals surface area contributed by atoms with E-state index in [0.29, 0.717) is 6.54 Å². The van der Waals surface area contributed by atoms with E-state index in [9.17, 15) is 5.11 Å². The predicted octanol–water partition coefficient (Wildman–Crippen LogP) is 2.89. The monoisotopic (exact) mass is 259 g/mol. The second kappa shape index (κ2) is 7.15. The molecule has 0 atom stereocenters. The lowest BCUT2D eigenvalue weighted by atomic mass is 10.2. The average Bonchev–Trinajstić information content (AvgIpc) is 2.38. The van der Waals surface area contributed by atoms with Gasteiger partial charge in [-0.05, 0) is 17.2 Å². The molecule has 0 saturated carbocycles. The quantitative estimate of drug-likeness (QED) is 0.474. The molecule has 0 aliphatic rings. The summed E-state index contributed by atoms with van der Waals surface area (Å²) in [4.78, 5) is 3.35. The molecule has 1 N–H and O–H groups in total. The summed E-state index contributed by atoms with van der Waals surface area (Å²) in [5, 5.41) is 10.7. The van der Waals surface area contributed by atoms with E-state index >= 15 is 0 Å². The van der Waals surface area contributed by atoms with Crippen LogP contribution in [0.25, 0.3) is 4.85 Å². The van der Waals surface area contributed by atoms with Gasteiger partial charge in [-0.2, -0.15) is 0 Å². The molecule has 0 aliphatic heterocycles. The zero-order valence-corrected chi connectivity index (χ0v) is 12.2. The number of hydrogen-bond acceptors (Lipinski definition) is 1. The molecule has 0 fully saturated rings. The number of aliphatic hydroxyl groups is 1. The van der Waals surface area contributed by atoms with Crippen LogP contribution in [0.4, 0.5) is 0 Å². The molecule has 0 heterocycles. The van der Waals surface area contributed by atoms with Crippen molar-refractivity contribution >= 4 is 13.3 Å². The standard InChI is InChI=1S/C15H21NOSi/c1-16-11-7-4-8-12-18(2,3)15-10-6-5-9-14(15)13-17/h5-6,8-10,12,17H,4,7,11,13H2,2-3H3/b12-8+. The molecule has 2 nitrogen and oxygen atoms in total. The smallest absolute Gasteiger partial charge is 0.215 e. The Morgan fingerprint density at radius 2 is 2.06 bits per heavy atom. The minimum absolute atomic E-state index is 0.109. The van der Waals surface area contributed by atoms with E-state index in [4.69, 9.17) is 6.57 Å². The zero-order chi connectivity index (χ0) is 13.4. The highest BCUT2D eigenvalue weighted by Crippen LogP contribution is 2.10. The van der Waals surface area contributed by atoms with Gasteiger partial charge in [-0.25, -0.2) is 6.57 Å². The van der Waals surface area contributed by atoms with Crippen LogP contribution in [0.1, 0.15) is 18.4 Å². The van der Waals surface area contributed by atoms with Crippen molar-refractivity contribution in [2.45, 2.75) is 32.5 Å². The van der Waals surface area contributed by atoms with E-state index in [1.165, 1.54) is 5.19 Å². The molecule has 1 rings (SSSR count). The molecule has 0 saturated heterocycles. The number of allylic oxidation sites excluding steroid dienone is 1. The van der Waals surface area contributed by atoms with Crippen molar-refractivity contribution in [1.29, 1.82) is 0 Å². The van der Waals surface area contributed by atoms with Gasteiger partial charge < -0.3 is 9.95 Å². The van der Waals surface area contributed by atoms with Crippen LogP contribution in [0, 0.1) is 6.57 Å². The van der Waals surface area contributed by atoms with E-state index in [0.717, 1.165) is 18.4 Å². The third-order valence-corrected chi connectivity index (χ3v) is 6.00. The molecular formula is C15H21NOSi. The largest absolute Gasteiger partial charge is 0.392 e. The first-order valence-electron chi connectivity index (χ1n) is 6.32. The second-order valence-corrected chi connectivity index (χ2v) is 9.28. The maximum absolute atomic E-state index is 9.39. The van der Waals surface area contributed by atoms with Crippen LogP contribution in [-0.2, 0) is 6.61 Å². The molecule has 1 aromatic carbocycles. The van der Waals surface area contributed by atoms with Crippen molar-refractivity contribution in [3.63, 3.8) is 0 Å². The van der Waals surface area contributed by atoms with Crippen LogP contribution < -0.4 is 5.19 Å². The summed E-state index contributed by atoms with van der Waals surface area (Å²) in [6.45, 7) is 12.0. The van der Waals surface area contributed by atoms with Crippen LogP contribution in [0.5, 0.6) is 0 Å². The van der Waals surface area contributed by atoms with Gasteiger partial charge in [0.05, 0.1) is 6.61 Å². The van der Waals surface area contributed by atoms with Crippen LogP contribution >= 0.6 is 0 Å². The van der Waals surface area contributed by atoms with E-state index in [1.54, 1.807) is 0 Å². The normalized spacial score (nSPS) is 11.7. The van der Waals surface area contributed by atoms with Crippen molar-refractivity contribution in [3.05, 3.63) is 53.0 Å². The molecule has 0 spiro atoms. The lowest BCUT2D eigenvalue weighted by Gasteiger charge is -2.21. The van der Waals surface area contributed by atoms with Crippen molar-refractivity contribution in [3.8, 4) is 0 Å². The number of rotatable bonds is 6. The van der Waals surface area contributed by atoms with Gasteiger partial charge in [0.15, 0.2) is 0 Å². The van der Waals surface area contributed by atoms with Crippen molar-refractivity contribution in [1.82, 2.24) is 0 Å². The SMILES string of the molecule is [C-]#[N+]CCC/C=C/[Si](C)(C)c1ccccc1CO. The summed E-state index contributed by atoms with van der Waals surface area (Å²) in [6.07, 6.45) is 4.11. The van der Waals surface area contributed by atoms with Gasteiger partial charge in [-0.1, -0.05) is 49.1 Å². The Morgan fingerprint density at radius 1 is 1.33 bits per heavy atom. The third kappa shape index (κ3) is 4.14. The van der Waals surface area contributed by atoms with E-state index in [2.05, 4.69) is 35.8 Å². The number of aliphatic hydroxyl groups excluding tert-OH is 1. The highest BCUT2D eigenvalue weighted by molar-refractivity contribution is 6.94. The molecule has 18 heavy (non-hydrogen) atoms. The molecular weight excluding hydrogens is 238 g/mol. The Balaban J connectivity index is 2.76. The summed E-state index contributed by atoms with van der Waals surface area (Å²) in [6, 6.07) is 8.13. The number of benzene rings is 1. The topological polar surface area (TPSA) is 24.6 Å². The van der Waals surface area contributed by atoms with Crippen LogP contribution in [0.15, 0.2) is 36.0 Å². The van der Waals surface area contributed by atoms with Crippen molar-refractivity contribution < 1.29 is 5.11 Å². The lowest BCUT2D eigenvalue weighted by Crippen LogP contribution is -2.41.